The minimum Gasteiger partial charge on any atom is -0.497 e. The topological polar surface area (TPSA) is 204 Å². The first-order valence-electron chi connectivity index (χ1n) is 43.5. The van der Waals surface area contributed by atoms with Crippen LogP contribution in [0.3, 0.4) is 0 Å². The van der Waals surface area contributed by atoms with Gasteiger partial charge in [-0.3, -0.25) is 4.79 Å². The molecule has 25 heteroatoms. The lowest BCUT2D eigenvalue weighted by Crippen LogP contribution is -2.44. The average molecular weight is 1960 g/mol. The molecule has 0 aliphatic carbocycles. The molecule has 0 bridgehead atoms. The fraction of sp³-hybridized carbons (Fsp3) is 0.446. The van der Waals surface area contributed by atoms with Crippen molar-refractivity contribution >= 4 is 31.2 Å². The highest BCUT2D eigenvalue weighted by Crippen LogP contribution is 2.49. The van der Waals surface area contributed by atoms with Crippen LogP contribution in [0.5, 0.6) is 57.5 Å². The molecule has 17 nitrogen and oxygen atoms in total. The predicted molar refractivity (Wildman–Crippen MR) is 556 cm³/mol. The number of methoxy groups -OCH3 is 11. The molecule has 0 aliphatic rings. The van der Waals surface area contributed by atoms with Crippen LogP contribution in [-0.2, 0) is 56.3 Å². The Bertz CT molecular complexity index is 4830. The molecule has 768 valence electrons. The molecule has 0 aromatic heterocycles. The summed E-state index contributed by atoms with van der Waals surface area (Å²) in [5, 5.41) is 0. The minimum absolute atomic E-state index is 0. The van der Waals surface area contributed by atoms with E-state index in [9.17, 15) is 52.8 Å². The Hall–Kier alpha value is -11.0. The molecular weight excluding hydrogens is 1800 g/mol. The number of hydrogen-bond donors (Lipinski definition) is 0. The second-order valence-corrected chi connectivity index (χ2v) is 41.7. The molecule has 0 spiro atoms. The second kappa shape index (κ2) is 64.2. The smallest absolute Gasteiger partial charge is 0.402 e. The maximum Gasteiger partial charge on any atom is 0.402 e. The van der Waals surface area contributed by atoms with E-state index in [1.165, 1.54) is 92.1 Å². The zero-order valence-corrected chi connectivity index (χ0v) is 89.0. The van der Waals surface area contributed by atoms with Gasteiger partial charge in [-0.05, 0) is 246 Å². The number of alkyl halides is 6. The van der Waals surface area contributed by atoms with Gasteiger partial charge in [0.1, 0.15) is 73.1 Å². The Morgan fingerprint density at radius 3 is 0.620 bits per heavy atom. The first-order valence-corrected chi connectivity index (χ1v) is 47.3. The van der Waals surface area contributed by atoms with E-state index in [2.05, 4.69) is 216 Å². The van der Waals surface area contributed by atoms with Gasteiger partial charge in [-0.15, -0.1) is 0 Å². The van der Waals surface area contributed by atoms with Gasteiger partial charge in [-0.1, -0.05) is 239 Å². The van der Waals surface area contributed by atoms with E-state index in [-0.39, 0.29) is 77.1 Å². The van der Waals surface area contributed by atoms with Crippen molar-refractivity contribution in [2.45, 2.75) is 237 Å². The molecular formula is C112H164F6O17S2. The van der Waals surface area contributed by atoms with Crippen molar-refractivity contribution in [1.82, 2.24) is 0 Å². The molecule has 0 unspecified atom stereocenters. The molecule has 0 saturated heterocycles. The van der Waals surface area contributed by atoms with Crippen LogP contribution >= 0.6 is 0 Å². The van der Waals surface area contributed by atoms with Crippen LogP contribution in [0.25, 0.3) is 0 Å². The summed E-state index contributed by atoms with van der Waals surface area (Å²) in [6, 6.07) is 76.0. The van der Waals surface area contributed by atoms with Crippen LogP contribution in [0, 0.1) is 10.8 Å². The van der Waals surface area contributed by atoms with E-state index in [0.29, 0.717) is 28.0 Å². The van der Waals surface area contributed by atoms with Gasteiger partial charge in [-0.25, -0.2) is 16.8 Å². The summed E-state index contributed by atoms with van der Waals surface area (Å²) in [6.07, 6.45) is -6.92. The van der Waals surface area contributed by atoms with Crippen molar-refractivity contribution < 1.29 is 105 Å². The van der Waals surface area contributed by atoms with E-state index < -0.39 is 37.4 Å². The van der Waals surface area contributed by atoms with Crippen molar-refractivity contribution in [3.8, 4) is 57.5 Å². The fourth-order valence-electron chi connectivity index (χ4n) is 10.0. The molecule has 0 heterocycles. The second-order valence-electron chi connectivity index (χ2n) is 37.4. The van der Waals surface area contributed by atoms with E-state index in [1.807, 2.05) is 72.8 Å². The average Bonchev–Trinajstić information content (AvgIpc) is 0.782. The summed E-state index contributed by atoms with van der Waals surface area (Å²) in [6.45, 7) is 47.7. The number of halogens is 6. The lowest BCUT2D eigenvalue weighted by molar-refractivity contribution is -0.327. The Labute approximate surface area is 821 Å². The molecule has 0 fully saturated rings. The first-order chi connectivity index (χ1) is 62.1. The number of Topliss-reactive ketones (excluding diaryl/α,β-unsaturated/α-hetero) is 1. The van der Waals surface area contributed by atoms with E-state index in [1.54, 1.807) is 144 Å². The van der Waals surface area contributed by atoms with E-state index in [0.717, 1.165) is 58.5 Å². The summed E-state index contributed by atoms with van der Waals surface area (Å²) in [5.41, 5.74) is 7.32. The largest absolute Gasteiger partial charge is 0.497 e. The number of carbonyl (C=O) groups is 2. The van der Waals surface area contributed by atoms with Gasteiger partial charge in [0.15, 0.2) is 11.2 Å². The first kappa shape index (κ1) is 134. The van der Waals surface area contributed by atoms with Gasteiger partial charge in [0, 0.05) is 49.3 Å². The summed E-state index contributed by atoms with van der Waals surface area (Å²) < 4.78 is 168. The highest BCUT2D eigenvalue weighted by Gasteiger charge is 2.64. The third kappa shape index (κ3) is 56.5. The summed E-state index contributed by atoms with van der Waals surface area (Å²) in [5.74, 6) is 7.97. The third-order valence-electron chi connectivity index (χ3n) is 18.3. The molecule has 137 heavy (non-hydrogen) atoms. The third-order valence-corrected chi connectivity index (χ3v) is 20.1. The van der Waals surface area contributed by atoms with E-state index in [4.69, 9.17) is 47.4 Å². The summed E-state index contributed by atoms with van der Waals surface area (Å²) in [4.78, 5) is 22.1. The van der Waals surface area contributed by atoms with Crippen molar-refractivity contribution in [3.05, 3.63) is 287 Å². The van der Waals surface area contributed by atoms with Gasteiger partial charge < -0.3 is 56.9 Å². The molecule has 10 rings (SSSR count). The van der Waals surface area contributed by atoms with Crippen molar-refractivity contribution in [1.29, 1.82) is 0 Å². The van der Waals surface area contributed by atoms with Crippen LogP contribution < -0.4 is 47.4 Å². The Kier molecular flexibility index (Phi) is 63.0. The number of sulfone groups is 2. The number of carbonyl (C=O) groups excluding carboxylic acids is 2. The molecule has 0 radical (unpaired) electrons. The molecule has 10 aromatic rings. The molecule has 0 aliphatic heterocycles. The van der Waals surface area contributed by atoms with Crippen molar-refractivity contribution in [3.63, 3.8) is 0 Å². The zero-order chi connectivity index (χ0) is 105. The number of ether oxygens (including phenoxy) is 11. The molecule has 10 aromatic carbocycles. The maximum absolute atomic E-state index is 12.4. The number of rotatable bonds is 16. The Morgan fingerprint density at radius 2 is 0.445 bits per heavy atom. The summed E-state index contributed by atoms with van der Waals surface area (Å²) in [7, 11) is 13.3. The SMILES string of the molecule is C.C.CC(C)(C(F)(F)F)C(F)(F)F.CC(C)(C)C.CC(C)(C)c1ccc(C(C)(C)C)cc1.CC(C)(C)c1cccc(C(C)(C)C)c1.CC(C)=O.CCC.COC.COc1ccc(C(=O)c2ccc(OC)cc2)cc1.COc1ccc(C(C)(C)c2ccc(OC)cc2)cc1.COc1ccc(OC)cc1.COc1ccc(S(=O)(=O)c2ccc(OC)cc2)cc1.COc1cccc(OC)c1.CS(C)(=O)=O. The Balaban J connectivity index is -0.000000474. The highest BCUT2D eigenvalue weighted by atomic mass is 32.2. The van der Waals surface area contributed by atoms with Crippen LogP contribution in [0.2, 0.25) is 0 Å². The summed E-state index contributed by atoms with van der Waals surface area (Å²) >= 11 is 0. The number of ketones is 2. The Morgan fingerprint density at radius 1 is 0.277 bits per heavy atom. The van der Waals surface area contributed by atoms with Crippen LogP contribution in [-0.4, -0.2) is 139 Å². The van der Waals surface area contributed by atoms with Crippen LogP contribution in [0.1, 0.15) is 237 Å². The van der Waals surface area contributed by atoms with Crippen molar-refractivity contribution in [2.24, 2.45) is 10.8 Å². The lowest BCUT2D eigenvalue weighted by Gasteiger charge is -2.29. The molecule has 0 atom stereocenters. The van der Waals surface area contributed by atoms with E-state index >= 15 is 0 Å². The molecule has 0 amide bonds. The fourth-order valence-corrected chi connectivity index (χ4v) is 11.3. The quantitative estimate of drug-likeness (QED) is 0.0652. The standard InChI is InChI=1S/C17H20O2.C15H14O3.C14H14O4S.2C14H22.2C8H10O2.C5H6F6.C5H12.C3H6O.C3H8.C2H6O2S.C2H6O.2CH4/c1-17(2,13-5-9-15(18-3)10-6-13)14-7-11-16(19-4)12-8-14;1-17-13-7-3-11(4-8-13)15(16)12-5-9-14(18-2)10-6-12;1-17-11-3-7-13(8-4-11)19(15,16)14-9-5-12(18-2)6-10-14;1-13(2,3)11-7-9-12(10-8-11)14(4,5)6;1-13(2,3)11-8-7-9-12(10-11)14(4,5)6;1-9-7-3-5-8(10-2)6-4-7;1-9-7-4-3-5-8(6-7)10-2;1-3(2,4(6,7)8)5(9,10)11;1-5(2,3)4;1-3(2)4;1-3-2;1-5(2,3)4;1-3-2;;/h5-12H,1-4H3;3-10H,1-2H3;3-10H,1-2H3;2*7-10H,1-6H3;2*3-6H,1-2H3;1-2H3;1-4H3;1-2H3;3H2,1-2H3;1-2H3;1-2H3;2*1H4. The highest BCUT2D eigenvalue weighted by molar-refractivity contribution is 7.91. The lowest BCUT2D eigenvalue weighted by atomic mass is 9.78. The van der Waals surface area contributed by atoms with Crippen molar-refractivity contribution in [2.75, 3.05) is 97.8 Å². The van der Waals surface area contributed by atoms with Gasteiger partial charge >= 0.3 is 12.4 Å². The molecule has 0 saturated carbocycles. The van der Waals surface area contributed by atoms with Gasteiger partial charge in [0.25, 0.3) is 0 Å². The predicted octanol–water partition coefficient (Wildman–Crippen LogP) is 29.9. The number of hydrogen-bond acceptors (Lipinski definition) is 17. The monoisotopic (exact) mass is 1960 g/mol. The normalized spacial score (nSPS) is 10.9. The number of benzene rings is 10. The van der Waals surface area contributed by atoms with Gasteiger partial charge in [0.05, 0.1) is 80.9 Å². The van der Waals surface area contributed by atoms with Gasteiger partial charge in [-0.2, -0.15) is 26.3 Å². The minimum atomic E-state index is -5.24. The maximum atomic E-state index is 12.4. The van der Waals surface area contributed by atoms with Crippen LogP contribution in [0.15, 0.2) is 252 Å². The van der Waals surface area contributed by atoms with Gasteiger partial charge in [0.2, 0.25) is 9.84 Å². The van der Waals surface area contributed by atoms with Crippen LogP contribution in [0.4, 0.5) is 26.3 Å². The molecule has 0 N–H and O–H groups in total. The zero-order valence-electron chi connectivity index (χ0n) is 87.3.